The van der Waals surface area contributed by atoms with E-state index in [9.17, 15) is 19.2 Å². The van der Waals surface area contributed by atoms with Crippen molar-refractivity contribution in [3.63, 3.8) is 0 Å². The van der Waals surface area contributed by atoms with Gasteiger partial charge in [-0.05, 0) is 60.3 Å². The largest absolute Gasteiger partial charge is 0.298 e. The number of fused-ring (bicyclic) bond motifs is 2. The van der Waals surface area contributed by atoms with Crippen molar-refractivity contribution in [3.8, 4) is 0 Å². The van der Waals surface area contributed by atoms with E-state index in [1.54, 1.807) is 54.6 Å². The second-order valence-corrected chi connectivity index (χ2v) is 8.27. The smallest absolute Gasteiger partial charge is 0.270 e. The van der Waals surface area contributed by atoms with Crippen molar-refractivity contribution < 1.29 is 19.2 Å². The lowest BCUT2D eigenvalue weighted by Gasteiger charge is -2.29. The highest BCUT2D eigenvalue weighted by Crippen LogP contribution is 2.29. The summed E-state index contributed by atoms with van der Waals surface area (Å²) in [5.41, 5.74) is 1.90. The van der Waals surface area contributed by atoms with Gasteiger partial charge in [0.2, 0.25) is 0 Å². The van der Waals surface area contributed by atoms with Gasteiger partial charge in [-0.1, -0.05) is 41.9 Å². The van der Waals surface area contributed by atoms with Crippen LogP contribution in [-0.2, 0) is 9.59 Å². The number of carbonyl (C=O) groups excluding carboxylic acids is 4. The van der Waals surface area contributed by atoms with E-state index in [4.69, 9.17) is 23.8 Å². The Bertz CT molecular complexity index is 1440. The Morgan fingerprint density at radius 3 is 2.06 bits per heavy atom. The van der Waals surface area contributed by atoms with Gasteiger partial charge in [0.05, 0.1) is 5.69 Å². The molecule has 0 unspecified atom stereocenters. The van der Waals surface area contributed by atoms with Gasteiger partial charge < -0.3 is 0 Å². The standard InChI is InChI=1S/C25H13ClN2O4S/c26-14-6-8-15(9-7-14)28-24(32)20(23(31)27-25(28)33)12-13-5-10-18-19(11-13)22(30)17-4-2-1-3-16(17)21(18)29/h1-12H,(H,27,31,33)/b20-12-. The fourth-order valence-electron chi connectivity index (χ4n) is 3.86. The van der Waals surface area contributed by atoms with Gasteiger partial charge in [0.25, 0.3) is 11.8 Å². The maximum absolute atomic E-state index is 13.2. The summed E-state index contributed by atoms with van der Waals surface area (Å²) < 4.78 is 0. The molecule has 5 rings (SSSR count). The molecule has 1 fully saturated rings. The fraction of sp³-hybridized carbons (Fsp3) is 0. The molecule has 0 spiro atoms. The molecule has 160 valence electrons. The highest BCUT2D eigenvalue weighted by Gasteiger charge is 2.35. The van der Waals surface area contributed by atoms with Crippen LogP contribution in [0.1, 0.15) is 37.4 Å². The lowest BCUT2D eigenvalue weighted by molar-refractivity contribution is -0.122. The third-order valence-electron chi connectivity index (χ3n) is 5.45. The average Bonchev–Trinajstić information content (AvgIpc) is 2.81. The lowest BCUT2D eigenvalue weighted by atomic mass is 9.83. The minimum absolute atomic E-state index is 0.0488. The van der Waals surface area contributed by atoms with Crippen LogP contribution in [-0.4, -0.2) is 28.5 Å². The van der Waals surface area contributed by atoms with Crippen LogP contribution in [0, 0.1) is 0 Å². The molecule has 1 aliphatic carbocycles. The van der Waals surface area contributed by atoms with Gasteiger partial charge in [0.1, 0.15) is 5.57 Å². The van der Waals surface area contributed by atoms with Crippen LogP contribution in [0.3, 0.4) is 0 Å². The first-order valence-corrected chi connectivity index (χ1v) is 10.6. The average molecular weight is 473 g/mol. The molecule has 6 nitrogen and oxygen atoms in total. The van der Waals surface area contributed by atoms with Gasteiger partial charge in [0, 0.05) is 27.3 Å². The molecule has 2 amide bonds. The molecule has 1 aliphatic heterocycles. The van der Waals surface area contributed by atoms with Crippen molar-refractivity contribution in [2.75, 3.05) is 4.90 Å². The molecule has 3 aromatic rings. The Labute approximate surface area is 198 Å². The second-order valence-electron chi connectivity index (χ2n) is 7.44. The highest BCUT2D eigenvalue weighted by molar-refractivity contribution is 7.80. The molecule has 0 atom stereocenters. The molecule has 2 aliphatic rings. The first-order chi connectivity index (χ1) is 15.8. The van der Waals surface area contributed by atoms with Crippen LogP contribution in [0.15, 0.2) is 72.3 Å². The lowest BCUT2D eigenvalue weighted by Crippen LogP contribution is -2.54. The van der Waals surface area contributed by atoms with Crippen LogP contribution in [0.25, 0.3) is 6.08 Å². The predicted molar refractivity (Wildman–Crippen MR) is 127 cm³/mol. The van der Waals surface area contributed by atoms with Gasteiger partial charge in [-0.2, -0.15) is 0 Å². The van der Waals surface area contributed by atoms with E-state index in [2.05, 4.69) is 5.32 Å². The monoisotopic (exact) mass is 472 g/mol. The Kier molecular flexibility index (Phi) is 5.00. The summed E-state index contributed by atoms with van der Waals surface area (Å²) in [6.45, 7) is 0. The number of thiocarbonyl (C=S) groups is 1. The minimum Gasteiger partial charge on any atom is -0.298 e. The summed E-state index contributed by atoms with van der Waals surface area (Å²) in [4.78, 5) is 52.7. The summed E-state index contributed by atoms with van der Waals surface area (Å²) in [6.07, 6.45) is 1.38. The zero-order chi connectivity index (χ0) is 23.3. The number of hydrogen-bond acceptors (Lipinski definition) is 5. The molecule has 33 heavy (non-hydrogen) atoms. The summed E-state index contributed by atoms with van der Waals surface area (Å²) in [6, 6.07) is 17.7. The fourth-order valence-corrected chi connectivity index (χ4v) is 4.26. The quantitative estimate of drug-likeness (QED) is 0.271. The molecular formula is C25H13ClN2O4S. The summed E-state index contributed by atoms with van der Waals surface area (Å²) in [7, 11) is 0. The van der Waals surface area contributed by atoms with Crippen molar-refractivity contribution in [2.24, 2.45) is 0 Å². The number of rotatable bonds is 2. The van der Waals surface area contributed by atoms with Gasteiger partial charge in [-0.15, -0.1) is 0 Å². The molecule has 1 N–H and O–H groups in total. The van der Waals surface area contributed by atoms with Crippen molar-refractivity contribution in [1.29, 1.82) is 0 Å². The Hall–Kier alpha value is -3.94. The number of nitrogens with one attached hydrogen (secondary N) is 1. The van der Waals surface area contributed by atoms with E-state index < -0.39 is 11.8 Å². The van der Waals surface area contributed by atoms with E-state index in [1.165, 1.54) is 23.1 Å². The number of hydrogen-bond donors (Lipinski definition) is 1. The number of ketones is 2. The third-order valence-corrected chi connectivity index (χ3v) is 5.98. The van der Waals surface area contributed by atoms with Crippen molar-refractivity contribution in [3.05, 3.63) is 105 Å². The van der Waals surface area contributed by atoms with Gasteiger partial charge >= 0.3 is 0 Å². The number of amides is 2. The number of halogens is 1. The van der Waals surface area contributed by atoms with E-state index in [-0.39, 0.29) is 33.4 Å². The SMILES string of the molecule is O=C1NC(=S)N(c2ccc(Cl)cc2)C(=O)/C1=C\c1ccc2c(c1)C(=O)c1ccccc1C2=O. The third kappa shape index (κ3) is 3.47. The molecular weight excluding hydrogens is 460 g/mol. The molecule has 0 saturated carbocycles. The van der Waals surface area contributed by atoms with E-state index >= 15 is 0 Å². The minimum atomic E-state index is -0.652. The van der Waals surface area contributed by atoms with Gasteiger partial charge in [-0.3, -0.25) is 29.4 Å². The first kappa shape index (κ1) is 20.9. The maximum Gasteiger partial charge on any atom is 0.270 e. The predicted octanol–water partition coefficient (Wildman–Crippen LogP) is 3.95. The molecule has 1 heterocycles. The zero-order valence-corrected chi connectivity index (χ0v) is 18.4. The van der Waals surface area contributed by atoms with Crippen molar-refractivity contribution in [1.82, 2.24) is 5.32 Å². The maximum atomic E-state index is 13.2. The topological polar surface area (TPSA) is 83.6 Å². The normalized spacial score (nSPS) is 16.6. The highest BCUT2D eigenvalue weighted by atomic mass is 35.5. The number of benzene rings is 3. The first-order valence-electron chi connectivity index (χ1n) is 9.84. The van der Waals surface area contributed by atoms with Crippen LogP contribution in [0.2, 0.25) is 5.02 Å². The molecule has 0 bridgehead atoms. The van der Waals surface area contributed by atoms with E-state index in [1.807, 2.05) is 0 Å². The number of nitrogens with zero attached hydrogens (tertiary/aromatic N) is 1. The Morgan fingerprint density at radius 1 is 0.788 bits per heavy atom. The van der Waals surface area contributed by atoms with Gasteiger partial charge in [-0.25, -0.2) is 0 Å². The molecule has 0 aromatic heterocycles. The Morgan fingerprint density at radius 2 is 1.39 bits per heavy atom. The summed E-state index contributed by atoms with van der Waals surface area (Å²) >= 11 is 11.1. The van der Waals surface area contributed by atoms with Crippen LogP contribution in [0.5, 0.6) is 0 Å². The number of anilines is 1. The molecule has 8 heteroatoms. The molecule has 0 radical (unpaired) electrons. The van der Waals surface area contributed by atoms with E-state index in [0.717, 1.165) is 0 Å². The van der Waals surface area contributed by atoms with Gasteiger partial charge in [0.15, 0.2) is 16.7 Å². The number of carbonyl (C=O) groups is 4. The van der Waals surface area contributed by atoms with E-state index in [0.29, 0.717) is 27.4 Å². The van der Waals surface area contributed by atoms with Crippen LogP contribution < -0.4 is 10.2 Å². The summed E-state index contributed by atoms with van der Waals surface area (Å²) in [5, 5.41) is 2.95. The molecule has 3 aromatic carbocycles. The zero-order valence-electron chi connectivity index (χ0n) is 16.8. The van der Waals surface area contributed by atoms with Crippen molar-refractivity contribution in [2.45, 2.75) is 0 Å². The molecule has 1 saturated heterocycles. The van der Waals surface area contributed by atoms with Crippen LogP contribution in [0.4, 0.5) is 5.69 Å². The second kappa shape index (κ2) is 7.88. The van der Waals surface area contributed by atoms with Crippen molar-refractivity contribution >= 4 is 64.1 Å². The summed E-state index contributed by atoms with van der Waals surface area (Å²) in [5.74, 6) is -1.80. The Balaban J connectivity index is 1.55. The van der Waals surface area contributed by atoms with Crippen LogP contribution >= 0.6 is 23.8 Å².